The zero-order valence-electron chi connectivity index (χ0n) is 11.0. The monoisotopic (exact) mass is 295 g/mol. The van der Waals surface area contributed by atoms with Crippen molar-refractivity contribution < 1.29 is 18.0 Å². The highest BCUT2D eigenvalue weighted by atomic mass is 19.4. The molecule has 1 aromatic heterocycles. The number of amides is 1. The van der Waals surface area contributed by atoms with Crippen LogP contribution in [0, 0.1) is 0 Å². The highest BCUT2D eigenvalue weighted by molar-refractivity contribution is 6.07. The number of nitrogens with zero attached hydrogens (tertiary/aromatic N) is 1. The number of nitrogens with one attached hydrogen (secondary N) is 2. The van der Waals surface area contributed by atoms with Gasteiger partial charge in [-0.05, 0) is 24.3 Å². The van der Waals surface area contributed by atoms with Crippen LogP contribution >= 0.6 is 0 Å². The summed E-state index contributed by atoms with van der Waals surface area (Å²) >= 11 is 0. The first-order valence-electron chi connectivity index (χ1n) is 6.02. The molecule has 0 spiro atoms. The van der Waals surface area contributed by atoms with E-state index in [1.807, 2.05) is 0 Å². The minimum absolute atomic E-state index is 0.0775. The number of carbonyl (C=O) groups excluding carboxylic acids is 1. The SMILES string of the molecule is CNc1cnccc1C(=O)Nc1cccc(C(F)(F)F)c1. The molecule has 0 fully saturated rings. The van der Waals surface area contributed by atoms with Gasteiger partial charge in [0.05, 0.1) is 23.0 Å². The average Bonchev–Trinajstić information content (AvgIpc) is 2.46. The molecule has 0 atom stereocenters. The third kappa shape index (κ3) is 3.50. The van der Waals surface area contributed by atoms with Gasteiger partial charge in [-0.2, -0.15) is 13.2 Å². The van der Waals surface area contributed by atoms with Gasteiger partial charge in [-0.1, -0.05) is 6.07 Å². The van der Waals surface area contributed by atoms with Crippen LogP contribution < -0.4 is 10.6 Å². The molecule has 1 heterocycles. The number of benzene rings is 1. The molecule has 21 heavy (non-hydrogen) atoms. The lowest BCUT2D eigenvalue weighted by Crippen LogP contribution is -2.15. The normalized spacial score (nSPS) is 11.0. The number of pyridine rings is 1. The van der Waals surface area contributed by atoms with Crippen molar-refractivity contribution in [2.24, 2.45) is 0 Å². The number of rotatable bonds is 3. The van der Waals surface area contributed by atoms with Crippen LogP contribution in [-0.2, 0) is 6.18 Å². The molecule has 1 aromatic carbocycles. The van der Waals surface area contributed by atoms with E-state index in [1.54, 1.807) is 7.05 Å². The summed E-state index contributed by atoms with van der Waals surface area (Å²) in [4.78, 5) is 16.0. The summed E-state index contributed by atoms with van der Waals surface area (Å²) in [6.45, 7) is 0. The number of carbonyl (C=O) groups is 1. The van der Waals surface area contributed by atoms with Gasteiger partial charge < -0.3 is 10.6 Å². The standard InChI is InChI=1S/C14H12F3N3O/c1-18-12-8-19-6-5-11(12)13(21)20-10-4-2-3-9(7-10)14(15,16)17/h2-8,18H,1H3,(H,20,21). The number of alkyl halides is 3. The van der Waals surface area contributed by atoms with Crippen molar-refractivity contribution in [3.63, 3.8) is 0 Å². The smallest absolute Gasteiger partial charge is 0.386 e. The van der Waals surface area contributed by atoms with Crippen molar-refractivity contribution in [1.82, 2.24) is 4.98 Å². The molecule has 0 aliphatic rings. The fourth-order valence-electron chi connectivity index (χ4n) is 1.76. The van der Waals surface area contributed by atoms with E-state index in [0.29, 0.717) is 11.3 Å². The molecule has 2 N–H and O–H groups in total. The second kappa shape index (κ2) is 5.82. The Hall–Kier alpha value is -2.57. The van der Waals surface area contributed by atoms with Crippen LogP contribution in [0.2, 0.25) is 0 Å². The second-order valence-corrected chi connectivity index (χ2v) is 4.20. The van der Waals surface area contributed by atoms with Crippen molar-refractivity contribution in [1.29, 1.82) is 0 Å². The van der Waals surface area contributed by atoms with E-state index in [4.69, 9.17) is 0 Å². The predicted octanol–water partition coefficient (Wildman–Crippen LogP) is 3.39. The molecule has 0 aliphatic carbocycles. The van der Waals surface area contributed by atoms with Gasteiger partial charge in [-0.25, -0.2) is 0 Å². The molecule has 110 valence electrons. The number of aromatic nitrogens is 1. The molecular formula is C14H12F3N3O. The van der Waals surface area contributed by atoms with Crippen molar-refractivity contribution in [2.45, 2.75) is 6.18 Å². The number of hydrogen-bond donors (Lipinski definition) is 2. The van der Waals surface area contributed by atoms with E-state index < -0.39 is 17.6 Å². The van der Waals surface area contributed by atoms with Crippen molar-refractivity contribution in [3.8, 4) is 0 Å². The highest BCUT2D eigenvalue weighted by Crippen LogP contribution is 2.30. The summed E-state index contributed by atoms with van der Waals surface area (Å²) in [5, 5.41) is 5.23. The van der Waals surface area contributed by atoms with Crippen LogP contribution in [0.1, 0.15) is 15.9 Å². The molecule has 2 aromatic rings. The van der Waals surface area contributed by atoms with Crippen LogP contribution in [0.15, 0.2) is 42.7 Å². The Bertz CT molecular complexity index is 656. The lowest BCUT2D eigenvalue weighted by molar-refractivity contribution is -0.137. The molecule has 4 nitrogen and oxygen atoms in total. The minimum atomic E-state index is -4.45. The van der Waals surface area contributed by atoms with Crippen molar-refractivity contribution in [3.05, 3.63) is 53.9 Å². The topological polar surface area (TPSA) is 54.0 Å². The summed E-state index contributed by atoms with van der Waals surface area (Å²) < 4.78 is 37.8. The Morgan fingerprint density at radius 2 is 2.00 bits per heavy atom. The van der Waals surface area contributed by atoms with Crippen molar-refractivity contribution in [2.75, 3.05) is 17.7 Å². The maximum atomic E-state index is 12.6. The zero-order valence-corrected chi connectivity index (χ0v) is 11.0. The Balaban J connectivity index is 2.24. The molecule has 0 saturated heterocycles. The van der Waals surface area contributed by atoms with E-state index in [0.717, 1.165) is 12.1 Å². The zero-order chi connectivity index (χ0) is 15.5. The third-order valence-corrected chi connectivity index (χ3v) is 2.78. The Morgan fingerprint density at radius 1 is 1.24 bits per heavy atom. The van der Waals surface area contributed by atoms with Crippen molar-refractivity contribution >= 4 is 17.3 Å². The molecular weight excluding hydrogens is 283 g/mol. The first kappa shape index (κ1) is 14.8. The van der Waals surface area contributed by atoms with Crippen LogP contribution in [0.25, 0.3) is 0 Å². The van der Waals surface area contributed by atoms with Gasteiger partial charge >= 0.3 is 6.18 Å². The molecule has 0 aliphatic heterocycles. The van der Waals surface area contributed by atoms with E-state index in [-0.39, 0.29) is 5.69 Å². The van der Waals surface area contributed by atoms with Crippen LogP contribution in [0.3, 0.4) is 0 Å². The van der Waals surface area contributed by atoms with Gasteiger partial charge in [0.15, 0.2) is 0 Å². The summed E-state index contributed by atoms with van der Waals surface area (Å²) in [7, 11) is 1.62. The average molecular weight is 295 g/mol. The van der Waals surface area contributed by atoms with Crippen LogP contribution in [0.4, 0.5) is 24.5 Å². The van der Waals surface area contributed by atoms with Gasteiger partial charge in [0, 0.05) is 18.9 Å². The van der Waals surface area contributed by atoms with Gasteiger partial charge in [-0.3, -0.25) is 9.78 Å². The van der Waals surface area contributed by atoms with Gasteiger partial charge in [-0.15, -0.1) is 0 Å². The number of anilines is 2. The quantitative estimate of drug-likeness (QED) is 0.912. The maximum Gasteiger partial charge on any atom is 0.416 e. The van der Waals surface area contributed by atoms with E-state index in [1.165, 1.54) is 30.6 Å². The molecule has 2 rings (SSSR count). The summed E-state index contributed by atoms with van der Waals surface area (Å²) in [5.74, 6) is -0.513. The van der Waals surface area contributed by atoms with Crippen LogP contribution in [-0.4, -0.2) is 17.9 Å². The van der Waals surface area contributed by atoms with Gasteiger partial charge in [0.25, 0.3) is 5.91 Å². The Kier molecular flexibility index (Phi) is 4.11. The molecule has 0 radical (unpaired) electrons. The summed E-state index contributed by atoms with van der Waals surface area (Å²) in [6.07, 6.45) is -1.56. The van der Waals surface area contributed by atoms with Crippen LogP contribution in [0.5, 0.6) is 0 Å². The largest absolute Gasteiger partial charge is 0.416 e. The fraction of sp³-hybridized carbons (Fsp3) is 0.143. The predicted molar refractivity (Wildman–Crippen MR) is 73.2 cm³/mol. The molecule has 0 unspecified atom stereocenters. The van der Waals surface area contributed by atoms with Gasteiger partial charge in [0.2, 0.25) is 0 Å². The Labute approximate surface area is 119 Å². The first-order chi connectivity index (χ1) is 9.91. The van der Waals surface area contributed by atoms with E-state index in [9.17, 15) is 18.0 Å². The molecule has 0 saturated carbocycles. The highest BCUT2D eigenvalue weighted by Gasteiger charge is 2.30. The second-order valence-electron chi connectivity index (χ2n) is 4.20. The first-order valence-corrected chi connectivity index (χ1v) is 6.02. The van der Waals surface area contributed by atoms with Gasteiger partial charge in [0.1, 0.15) is 0 Å². The summed E-state index contributed by atoms with van der Waals surface area (Å²) in [5.41, 5.74) is 0.0458. The third-order valence-electron chi connectivity index (χ3n) is 2.78. The summed E-state index contributed by atoms with van der Waals surface area (Å²) in [6, 6.07) is 5.95. The number of halogens is 3. The lowest BCUT2D eigenvalue weighted by Gasteiger charge is -2.11. The molecule has 1 amide bonds. The van der Waals surface area contributed by atoms with E-state index >= 15 is 0 Å². The number of hydrogen-bond acceptors (Lipinski definition) is 3. The fourth-order valence-corrected chi connectivity index (χ4v) is 1.76. The maximum absolute atomic E-state index is 12.6. The lowest BCUT2D eigenvalue weighted by atomic mass is 10.1. The Morgan fingerprint density at radius 3 is 2.67 bits per heavy atom. The van der Waals surface area contributed by atoms with E-state index in [2.05, 4.69) is 15.6 Å². The molecule has 7 heteroatoms. The molecule has 0 bridgehead atoms. The minimum Gasteiger partial charge on any atom is -0.386 e.